The molecule has 0 aliphatic carbocycles. The average molecular weight is 188 g/mol. The summed E-state index contributed by atoms with van der Waals surface area (Å²) in [7, 11) is 0. The molecule has 0 amide bonds. The second-order valence-electron chi connectivity index (χ2n) is 4.77. The van der Waals surface area contributed by atoms with Gasteiger partial charge in [0, 0.05) is 6.20 Å². The topological polar surface area (TPSA) is 17.3 Å². The zero-order valence-electron chi connectivity index (χ0n) is 9.20. The van der Waals surface area contributed by atoms with E-state index in [1.54, 1.807) is 0 Å². The predicted octanol–water partition coefficient (Wildman–Crippen LogP) is 2.94. The first-order valence-corrected chi connectivity index (χ1v) is 4.93. The summed E-state index contributed by atoms with van der Waals surface area (Å²) in [4.78, 5) is 4.28. The molecule has 0 N–H and O–H groups in total. The number of imidazole rings is 1. The van der Waals surface area contributed by atoms with E-state index in [2.05, 4.69) is 48.5 Å². The molecule has 0 fully saturated rings. The van der Waals surface area contributed by atoms with Gasteiger partial charge in [-0.3, -0.25) is 0 Å². The standard InChI is InChI=1S/C12H16N2/c1-9-13-7-11-6-5-10(8-14(9)11)12(2,3)4/h5-8H,1-4H3. The predicted molar refractivity (Wildman–Crippen MR) is 58.6 cm³/mol. The maximum absolute atomic E-state index is 4.28. The van der Waals surface area contributed by atoms with E-state index in [1.165, 1.54) is 5.56 Å². The quantitative estimate of drug-likeness (QED) is 0.621. The van der Waals surface area contributed by atoms with Crippen LogP contribution in [0.25, 0.3) is 5.52 Å². The van der Waals surface area contributed by atoms with Crippen LogP contribution in [0.3, 0.4) is 0 Å². The molecular weight excluding hydrogens is 172 g/mol. The van der Waals surface area contributed by atoms with E-state index in [4.69, 9.17) is 0 Å². The zero-order valence-corrected chi connectivity index (χ0v) is 9.20. The molecular formula is C12H16N2. The second-order valence-corrected chi connectivity index (χ2v) is 4.77. The number of nitrogens with zero attached hydrogens (tertiary/aromatic N) is 2. The molecule has 2 heteroatoms. The molecule has 2 nitrogen and oxygen atoms in total. The number of aromatic nitrogens is 2. The van der Waals surface area contributed by atoms with Gasteiger partial charge in [-0.25, -0.2) is 4.98 Å². The SMILES string of the molecule is Cc1ncc2ccc(C(C)(C)C)cn12. The normalized spacial score (nSPS) is 12.3. The molecule has 2 rings (SSSR count). The van der Waals surface area contributed by atoms with Crippen LogP contribution < -0.4 is 0 Å². The minimum absolute atomic E-state index is 0.199. The van der Waals surface area contributed by atoms with E-state index in [9.17, 15) is 0 Å². The van der Waals surface area contributed by atoms with Crippen molar-refractivity contribution in [3.05, 3.63) is 35.9 Å². The fourth-order valence-corrected chi connectivity index (χ4v) is 1.56. The van der Waals surface area contributed by atoms with Crippen molar-refractivity contribution in [3.8, 4) is 0 Å². The molecule has 14 heavy (non-hydrogen) atoms. The molecule has 0 radical (unpaired) electrons. The van der Waals surface area contributed by atoms with Gasteiger partial charge in [-0.2, -0.15) is 0 Å². The van der Waals surface area contributed by atoms with Gasteiger partial charge in [-0.15, -0.1) is 0 Å². The summed E-state index contributed by atoms with van der Waals surface area (Å²) in [6, 6.07) is 4.30. The van der Waals surface area contributed by atoms with E-state index < -0.39 is 0 Å². The van der Waals surface area contributed by atoms with E-state index in [0.717, 1.165) is 11.3 Å². The van der Waals surface area contributed by atoms with Crippen molar-refractivity contribution in [1.29, 1.82) is 0 Å². The largest absolute Gasteiger partial charge is 0.304 e. The van der Waals surface area contributed by atoms with Crippen LogP contribution in [-0.4, -0.2) is 9.38 Å². The highest BCUT2D eigenvalue weighted by Gasteiger charge is 2.14. The number of rotatable bonds is 0. The van der Waals surface area contributed by atoms with Crippen LogP contribution in [0.1, 0.15) is 32.2 Å². The molecule has 0 spiro atoms. The summed E-state index contributed by atoms with van der Waals surface area (Å²) in [6.45, 7) is 8.70. The molecule has 0 saturated heterocycles. The van der Waals surface area contributed by atoms with Gasteiger partial charge in [-0.05, 0) is 24.0 Å². The van der Waals surface area contributed by atoms with Crippen LogP contribution in [0.2, 0.25) is 0 Å². The fourth-order valence-electron chi connectivity index (χ4n) is 1.56. The third-order valence-corrected chi connectivity index (χ3v) is 2.58. The van der Waals surface area contributed by atoms with Gasteiger partial charge in [0.2, 0.25) is 0 Å². The number of hydrogen-bond acceptors (Lipinski definition) is 1. The minimum atomic E-state index is 0.199. The Morgan fingerprint density at radius 3 is 2.57 bits per heavy atom. The Hall–Kier alpha value is -1.31. The maximum atomic E-state index is 4.28. The van der Waals surface area contributed by atoms with E-state index in [1.807, 2.05) is 13.1 Å². The summed E-state index contributed by atoms with van der Waals surface area (Å²) in [5.41, 5.74) is 2.70. The Morgan fingerprint density at radius 1 is 1.21 bits per heavy atom. The van der Waals surface area contributed by atoms with Crippen molar-refractivity contribution in [3.63, 3.8) is 0 Å². The Balaban J connectivity index is 2.66. The van der Waals surface area contributed by atoms with Crippen LogP contribution in [0, 0.1) is 6.92 Å². The average Bonchev–Trinajstić information content (AvgIpc) is 2.46. The third-order valence-electron chi connectivity index (χ3n) is 2.58. The van der Waals surface area contributed by atoms with Crippen molar-refractivity contribution in [1.82, 2.24) is 9.38 Å². The summed E-state index contributed by atoms with van der Waals surface area (Å²) < 4.78 is 2.14. The lowest BCUT2D eigenvalue weighted by Crippen LogP contribution is -2.11. The van der Waals surface area contributed by atoms with Crippen molar-refractivity contribution < 1.29 is 0 Å². The van der Waals surface area contributed by atoms with Crippen LogP contribution >= 0.6 is 0 Å². The molecule has 2 aromatic heterocycles. The monoisotopic (exact) mass is 188 g/mol. The molecule has 2 heterocycles. The molecule has 0 aliphatic heterocycles. The summed E-state index contributed by atoms with van der Waals surface area (Å²) in [5, 5.41) is 0. The number of aryl methyl sites for hydroxylation is 1. The smallest absolute Gasteiger partial charge is 0.110 e. The van der Waals surface area contributed by atoms with Gasteiger partial charge in [0.25, 0.3) is 0 Å². The van der Waals surface area contributed by atoms with Crippen LogP contribution in [0.15, 0.2) is 24.5 Å². The Bertz CT molecular complexity index is 461. The van der Waals surface area contributed by atoms with Gasteiger partial charge in [0.15, 0.2) is 0 Å². The molecule has 0 atom stereocenters. The maximum Gasteiger partial charge on any atom is 0.110 e. The first kappa shape index (κ1) is 9.25. The molecule has 0 unspecified atom stereocenters. The first-order valence-electron chi connectivity index (χ1n) is 4.93. The Labute approximate surface area is 84.6 Å². The third kappa shape index (κ3) is 1.41. The number of fused-ring (bicyclic) bond motifs is 1. The molecule has 2 aromatic rings. The lowest BCUT2D eigenvalue weighted by molar-refractivity contribution is 0.586. The first-order chi connectivity index (χ1) is 6.48. The lowest BCUT2D eigenvalue weighted by atomic mass is 9.88. The summed E-state index contributed by atoms with van der Waals surface area (Å²) in [6.07, 6.45) is 4.08. The van der Waals surface area contributed by atoms with Crippen LogP contribution in [-0.2, 0) is 5.41 Å². The van der Waals surface area contributed by atoms with Crippen molar-refractivity contribution >= 4 is 5.52 Å². The van der Waals surface area contributed by atoms with Gasteiger partial charge < -0.3 is 4.40 Å². The fraction of sp³-hybridized carbons (Fsp3) is 0.417. The molecule has 0 saturated carbocycles. The van der Waals surface area contributed by atoms with Crippen molar-refractivity contribution in [2.75, 3.05) is 0 Å². The highest BCUT2D eigenvalue weighted by atomic mass is 15.0. The van der Waals surface area contributed by atoms with Crippen LogP contribution in [0.4, 0.5) is 0 Å². The van der Waals surface area contributed by atoms with Gasteiger partial charge in [0.05, 0.1) is 11.7 Å². The number of hydrogen-bond donors (Lipinski definition) is 0. The minimum Gasteiger partial charge on any atom is -0.304 e. The number of pyridine rings is 1. The summed E-state index contributed by atoms with van der Waals surface area (Å²) in [5.74, 6) is 1.05. The Kier molecular flexibility index (Phi) is 1.88. The Morgan fingerprint density at radius 2 is 1.93 bits per heavy atom. The molecule has 0 bridgehead atoms. The molecule has 74 valence electrons. The highest BCUT2D eigenvalue weighted by molar-refractivity contribution is 5.47. The van der Waals surface area contributed by atoms with Crippen LogP contribution in [0.5, 0.6) is 0 Å². The van der Waals surface area contributed by atoms with Crippen molar-refractivity contribution in [2.45, 2.75) is 33.1 Å². The lowest BCUT2D eigenvalue weighted by Gasteiger charge is -2.19. The van der Waals surface area contributed by atoms with Gasteiger partial charge in [-0.1, -0.05) is 26.8 Å². The molecule has 0 aromatic carbocycles. The highest BCUT2D eigenvalue weighted by Crippen LogP contribution is 2.22. The van der Waals surface area contributed by atoms with Gasteiger partial charge >= 0.3 is 0 Å². The second kappa shape index (κ2) is 2.84. The summed E-state index contributed by atoms with van der Waals surface area (Å²) >= 11 is 0. The van der Waals surface area contributed by atoms with Crippen molar-refractivity contribution in [2.24, 2.45) is 0 Å². The van der Waals surface area contributed by atoms with E-state index >= 15 is 0 Å². The zero-order chi connectivity index (χ0) is 10.3. The van der Waals surface area contributed by atoms with E-state index in [-0.39, 0.29) is 5.41 Å². The van der Waals surface area contributed by atoms with E-state index in [0.29, 0.717) is 0 Å². The van der Waals surface area contributed by atoms with Gasteiger partial charge in [0.1, 0.15) is 5.82 Å². The molecule has 0 aliphatic rings.